The van der Waals surface area contributed by atoms with Crippen LogP contribution in [0.15, 0.2) is 42.5 Å². The van der Waals surface area contributed by atoms with Crippen molar-refractivity contribution in [2.45, 2.75) is 0 Å². The van der Waals surface area contributed by atoms with Crippen LogP contribution in [0, 0.1) is 59.3 Å². The van der Waals surface area contributed by atoms with Crippen molar-refractivity contribution < 1.29 is 78.1 Å². The molecule has 3 rings (SSSR count). The average molecular weight is 780 g/mol. The second-order valence-electron chi connectivity index (χ2n) is 3.01. The number of hydrogen-bond donors (Lipinski definition) is 0. The molecule has 0 fully saturated rings. The summed E-state index contributed by atoms with van der Waals surface area (Å²) in [6.45, 7) is 36.0. The Bertz CT molecular complexity index is 797. The first kappa shape index (κ1) is 51.5. The third kappa shape index (κ3) is 24.0. The van der Waals surface area contributed by atoms with E-state index in [2.05, 4.69) is 89.6 Å². The van der Waals surface area contributed by atoms with Crippen LogP contribution in [0.4, 0.5) is 0 Å². The van der Waals surface area contributed by atoms with E-state index in [4.69, 9.17) is 37.2 Å². The van der Waals surface area contributed by atoms with Gasteiger partial charge in [-0.3, -0.25) is 0 Å². The molecule has 2 radical (unpaired) electrons. The van der Waals surface area contributed by atoms with Crippen LogP contribution >= 0.6 is 11.3 Å². The molecule has 0 spiro atoms. The topological polar surface area (TPSA) is 159 Å². The van der Waals surface area contributed by atoms with Crippen LogP contribution in [0.25, 0.3) is 20.2 Å². The van der Waals surface area contributed by atoms with Crippen molar-refractivity contribution in [2.75, 3.05) is 0 Å². The van der Waals surface area contributed by atoms with Crippen molar-refractivity contribution in [1.29, 1.82) is 0 Å². The van der Waals surface area contributed by atoms with Gasteiger partial charge in [-0.2, -0.15) is 11.3 Å². The molecule has 0 N–H and O–H groups in total. The van der Waals surface area contributed by atoms with Crippen LogP contribution in [0.3, 0.4) is 0 Å². The predicted molar refractivity (Wildman–Crippen MR) is 89.6 cm³/mol. The number of rotatable bonds is 0. The van der Waals surface area contributed by atoms with Gasteiger partial charge in [0.1, 0.15) is 0 Å². The first-order valence-corrected chi connectivity index (χ1v) is 6.68. The molecule has 0 bridgehead atoms. The summed E-state index contributed by atoms with van der Waals surface area (Å²) in [6.07, 6.45) is 0. The summed E-state index contributed by atoms with van der Waals surface area (Å²) in [4.78, 5) is 0. The molecular formula is C20H7O8Re2S-. The fourth-order valence-corrected chi connectivity index (χ4v) is 2.68. The van der Waals surface area contributed by atoms with E-state index in [1.54, 1.807) is 0 Å². The summed E-state index contributed by atoms with van der Waals surface area (Å²) < 4.78 is 62.7. The molecule has 1 heterocycles. The van der Waals surface area contributed by atoms with Gasteiger partial charge < -0.3 is 0 Å². The number of benzene rings is 2. The van der Waals surface area contributed by atoms with Crippen molar-refractivity contribution in [1.82, 2.24) is 0 Å². The molecule has 8 nitrogen and oxygen atoms in total. The summed E-state index contributed by atoms with van der Waals surface area (Å²) >= 11 is 1.83. The maximum absolute atomic E-state index is 7.50. The van der Waals surface area contributed by atoms with Gasteiger partial charge in [0.25, 0.3) is 0 Å². The van der Waals surface area contributed by atoms with Crippen molar-refractivity contribution in [3.63, 3.8) is 0 Å². The molecule has 0 unspecified atom stereocenters. The Labute approximate surface area is 210 Å². The third-order valence-corrected chi connectivity index (χ3v) is 3.33. The van der Waals surface area contributed by atoms with Crippen LogP contribution in [0.5, 0.6) is 0 Å². The van der Waals surface area contributed by atoms with Crippen molar-refractivity contribution in [3.8, 4) is 0 Å². The minimum absolute atomic E-state index is 0. The van der Waals surface area contributed by atoms with E-state index in [9.17, 15) is 0 Å². The van der Waals surface area contributed by atoms with Gasteiger partial charge in [-0.15, -0.1) is 29.7 Å². The predicted octanol–water partition coefficient (Wildman–Crippen LogP) is 3.55. The maximum Gasteiger partial charge on any atom is 0 e. The molecule has 0 amide bonds. The average Bonchev–Trinajstić information content (AvgIpc) is 3.28. The Kier molecular flexibility index (Phi) is 93.9. The molecule has 3 aromatic rings. The fraction of sp³-hybridized carbons (Fsp3) is 0. The van der Waals surface area contributed by atoms with Gasteiger partial charge in [0.05, 0.1) is 0 Å². The van der Waals surface area contributed by atoms with Crippen LogP contribution in [0.2, 0.25) is 0 Å². The number of hydrogen-bond acceptors (Lipinski definition) is 1. The molecule has 156 valence electrons. The third-order valence-electron chi connectivity index (χ3n) is 2.19. The van der Waals surface area contributed by atoms with Gasteiger partial charge in [-0.1, -0.05) is 34.4 Å². The first-order valence-electron chi connectivity index (χ1n) is 5.86. The molecular weight excluding hydrogens is 773 g/mol. The number of fused-ring (bicyclic) bond motifs is 3. The second-order valence-corrected chi connectivity index (χ2v) is 4.09. The summed E-state index contributed by atoms with van der Waals surface area (Å²) in [5, 5.41) is 2.58. The van der Waals surface area contributed by atoms with E-state index in [1.807, 2.05) is 23.5 Å². The zero-order chi connectivity index (χ0) is 24.7. The summed E-state index contributed by atoms with van der Waals surface area (Å²) in [5.41, 5.74) is 0. The maximum atomic E-state index is 7.50. The van der Waals surface area contributed by atoms with Gasteiger partial charge in [0.15, 0.2) is 0 Å². The molecule has 0 saturated heterocycles. The largest absolute Gasteiger partial charge is 0.198 e. The number of thiophene rings is 1. The first-order chi connectivity index (χ1) is 14.4. The van der Waals surface area contributed by atoms with E-state index in [0.717, 1.165) is 0 Å². The summed E-state index contributed by atoms with van der Waals surface area (Å²) in [7, 11) is 0. The SMILES string of the molecule is [C-]#[O+].[C-]#[O+].[C-]#[O+].[C-]#[O+].[C-]#[O+].[C-]#[O+].[C-]#[O+].[C-]#[O+].[Re].[Re].[c-]1cccc2sc3ccccc3c12. The van der Waals surface area contributed by atoms with Gasteiger partial charge >= 0.3 is 90.4 Å². The zero-order valence-corrected chi connectivity index (χ0v) is 21.2. The molecule has 0 aliphatic rings. The van der Waals surface area contributed by atoms with E-state index in [0.29, 0.717) is 0 Å². The quantitative estimate of drug-likeness (QED) is 0.242. The van der Waals surface area contributed by atoms with Crippen molar-refractivity contribution in [2.24, 2.45) is 0 Å². The Balaban J connectivity index is -0.0000000425. The summed E-state index contributed by atoms with van der Waals surface area (Å²) in [6, 6.07) is 17.9. The van der Waals surface area contributed by atoms with Gasteiger partial charge in [0.2, 0.25) is 0 Å². The van der Waals surface area contributed by atoms with Crippen LogP contribution in [-0.2, 0) is 78.1 Å². The van der Waals surface area contributed by atoms with Crippen LogP contribution in [0.1, 0.15) is 0 Å². The molecule has 2 aromatic carbocycles. The van der Waals surface area contributed by atoms with Gasteiger partial charge in [-0.05, 0) is 4.70 Å². The molecule has 0 aliphatic heterocycles. The molecule has 0 aliphatic carbocycles. The smallest absolute Gasteiger partial charge is 0 e. The van der Waals surface area contributed by atoms with E-state index >= 15 is 0 Å². The Hall–Kier alpha value is -2.10. The Morgan fingerprint density at radius 1 is 0.516 bits per heavy atom. The second kappa shape index (κ2) is 56.5. The normalized spacial score (nSPS) is 5.16. The minimum atomic E-state index is 0. The minimum Gasteiger partial charge on any atom is -0.198 e. The van der Waals surface area contributed by atoms with Gasteiger partial charge in [0, 0.05) is 40.8 Å². The van der Waals surface area contributed by atoms with Gasteiger partial charge in [-0.25, -0.2) is 0 Å². The van der Waals surface area contributed by atoms with E-state index in [1.165, 1.54) is 20.2 Å². The van der Waals surface area contributed by atoms with Crippen molar-refractivity contribution >= 4 is 31.5 Å². The molecule has 0 atom stereocenters. The molecule has 11 heteroatoms. The molecule has 31 heavy (non-hydrogen) atoms. The Morgan fingerprint density at radius 2 is 0.871 bits per heavy atom. The van der Waals surface area contributed by atoms with E-state index < -0.39 is 0 Å². The molecule has 1 aromatic heterocycles. The van der Waals surface area contributed by atoms with Crippen LogP contribution in [-0.4, -0.2) is 0 Å². The van der Waals surface area contributed by atoms with Crippen molar-refractivity contribution in [3.05, 3.63) is 102 Å². The van der Waals surface area contributed by atoms with Crippen LogP contribution < -0.4 is 0 Å². The Morgan fingerprint density at radius 3 is 1.29 bits per heavy atom. The monoisotopic (exact) mass is 781 g/mol. The molecule has 0 saturated carbocycles. The summed E-state index contributed by atoms with van der Waals surface area (Å²) in [5.74, 6) is 0. The van der Waals surface area contributed by atoms with E-state index in [-0.39, 0.29) is 40.8 Å². The fourth-order valence-electron chi connectivity index (χ4n) is 1.60. The zero-order valence-electron chi connectivity index (χ0n) is 15.0. The standard InChI is InChI=1S/C12H7S.8CO.2Re/c1-3-7-11-9(5-1)10-6-2-4-8-12(10)13-11;8*1-2;;/h1-5,7-8H;;;;;;;;;;/q-1;;;;;;;;;;.